The lowest BCUT2D eigenvalue weighted by Crippen LogP contribution is -2.00. The molecule has 2 heteroatoms. The number of nitrogens with two attached hydrogens (primary N) is 1. The van der Waals surface area contributed by atoms with Crippen molar-refractivity contribution in [2.75, 3.05) is 0 Å². The van der Waals surface area contributed by atoms with Crippen LogP contribution >= 0.6 is 0 Å². The Morgan fingerprint density at radius 3 is 2.62 bits per heavy atom. The van der Waals surface area contributed by atoms with E-state index in [-0.39, 0.29) is 0 Å². The summed E-state index contributed by atoms with van der Waals surface area (Å²) in [7, 11) is 0. The molecule has 0 aliphatic heterocycles. The molecule has 2 N–H and O–H groups in total. The Bertz CT molecular complexity index is 334. The highest BCUT2D eigenvalue weighted by Gasteiger charge is 2.06. The zero-order chi connectivity index (χ0) is 9.84. The summed E-state index contributed by atoms with van der Waals surface area (Å²) < 4.78 is 0. The maximum Gasteiger partial charge on any atom is 0.0994 e. The number of nitrogens with zero attached hydrogens (tertiary/aromatic N) is 1. The summed E-state index contributed by atoms with van der Waals surface area (Å²) in [6.07, 6.45) is 0. The van der Waals surface area contributed by atoms with E-state index in [0.29, 0.717) is 12.5 Å². The van der Waals surface area contributed by atoms with E-state index in [1.807, 2.05) is 18.2 Å². The fourth-order valence-electron chi connectivity index (χ4n) is 1.32. The van der Waals surface area contributed by atoms with E-state index in [2.05, 4.69) is 19.9 Å². The second-order valence-electron chi connectivity index (χ2n) is 3.39. The molecule has 0 fully saturated rings. The van der Waals surface area contributed by atoms with Crippen LogP contribution in [0.1, 0.15) is 36.5 Å². The predicted octanol–water partition coefficient (Wildman–Crippen LogP) is 2.14. The minimum atomic E-state index is 0.376. The van der Waals surface area contributed by atoms with E-state index < -0.39 is 0 Å². The summed E-state index contributed by atoms with van der Waals surface area (Å²) in [6.45, 7) is 4.69. The van der Waals surface area contributed by atoms with Crippen LogP contribution in [0.25, 0.3) is 0 Å². The molecule has 0 saturated carbocycles. The van der Waals surface area contributed by atoms with Crippen LogP contribution in [0.5, 0.6) is 0 Å². The first-order valence-corrected chi connectivity index (χ1v) is 4.42. The molecular weight excluding hydrogens is 160 g/mol. The van der Waals surface area contributed by atoms with Crippen LogP contribution in [0.4, 0.5) is 0 Å². The Kier molecular flexibility index (Phi) is 3.05. The van der Waals surface area contributed by atoms with Gasteiger partial charge < -0.3 is 5.73 Å². The molecule has 0 bridgehead atoms. The van der Waals surface area contributed by atoms with Gasteiger partial charge in [0, 0.05) is 6.54 Å². The van der Waals surface area contributed by atoms with Crippen molar-refractivity contribution in [1.29, 1.82) is 5.26 Å². The number of benzene rings is 1. The van der Waals surface area contributed by atoms with Crippen LogP contribution in [0, 0.1) is 11.3 Å². The van der Waals surface area contributed by atoms with Gasteiger partial charge in [-0.15, -0.1) is 0 Å². The summed E-state index contributed by atoms with van der Waals surface area (Å²) in [6, 6.07) is 7.96. The van der Waals surface area contributed by atoms with Crippen molar-refractivity contribution in [3.8, 4) is 6.07 Å². The van der Waals surface area contributed by atoms with Crippen molar-refractivity contribution >= 4 is 0 Å². The molecule has 0 atom stereocenters. The molecule has 68 valence electrons. The van der Waals surface area contributed by atoms with E-state index in [4.69, 9.17) is 11.0 Å². The monoisotopic (exact) mass is 174 g/mol. The summed E-state index contributed by atoms with van der Waals surface area (Å²) in [5.74, 6) is 0.376. The molecule has 0 radical (unpaired) electrons. The van der Waals surface area contributed by atoms with E-state index >= 15 is 0 Å². The van der Waals surface area contributed by atoms with E-state index in [1.54, 1.807) is 0 Å². The number of nitriles is 1. The standard InChI is InChI=1S/C11H14N2/c1-8(2)11-5-9(6-12)3-4-10(11)7-13/h3-5,8H,6,12H2,1-2H3. The Morgan fingerprint density at radius 1 is 1.46 bits per heavy atom. The zero-order valence-corrected chi connectivity index (χ0v) is 8.04. The van der Waals surface area contributed by atoms with Crippen LogP contribution in [-0.4, -0.2) is 0 Å². The van der Waals surface area contributed by atoms with Crippen molar-refractivity contribution in [3.63, 3.8) is 0 Å². The lowest BCUT2D eigenvalue weighted by atomic mass is 9.96. The quantitative estimate of drug-likeness (QED) is 0.746. The Morgan fingerprint density at radius 2 is 2.15 bits per heavy atom. The maximum atomic E-state index is 8.85. The minimum absolute atomic E-state index is 0.376. The third-order valence-electron chi connectivity index (χ3n) is 2.09. The van der Waals surface area contributed by atoms with Crippen LogP contribution in [0.2, 0.25) is 0 Å². The van der Waals surface area contributed by atoms with Crippen LogP contribution < -0.4 is 5.73 Å². The topological polar surface area (TPSA) is 49.8 Å². The van der Waals surface area contributed by atoms with Gasteiger partial charge in [-0.3, -0.25) is 0 Å². The molecule has 0 spiro atoms. The third kappa shape index (κ3) is 2.07. The molecule has 0 saturated heterocycles. The molecule has 0 heterocycles. The lowest BCUT2D eigenvalue weighted by Gasteiger charge is -2.09. The molecule has 0 amide bonds. The average Bonchev–Trinajstić information content (AvgIpc) is 2.16. The van der Waals surface area contributed by atoms with Gasteiger partial charge in [0.25, 0.3) is 0 Å². The van der Waals surface area contributed by atoms with E-state index in [0.717, 1.165) is 16.7 Å². The lowest BCUT2D eigenvalue weighted by molar-refractivity contribution is 0.857. The van der Waals surface area contributed by atoms with Gasteiger partial charge in [0.1, 0.15) is 0 Å². The van der Waals surface area contributed by atoms with Crippen molar-refractivity contribution < 1.29 is 0 Å². The van der Waals surface area contributed by atoms with Gasteiger partial charge in [0.05, 0.1) is 11.6 Å². The second-order valence-corrected chi connectivity index (χ2v) is 3.39. The summed E-state index contributed by atoms with van der Waals surface area (Å²) in [5, 5.41) is 8.85. The number of hydrogen-bond acceptors (Lipinski definition) is 2. The van der Waals surface area contributed by atoms with Gasteiger partial charge in [-0.2, -0.15) is 5.26 Å². The summed E-state index contributed by atoms with van der Waals surface area (Å²) in [4.78, 5) is 0. The number of hydrogen-bond donors (Lipinski definition) is 1. The largest absolute Gasteiger partial charge is 0.326 e. The Balaban J connectivity index is 3.20. The van der Waals surface area contributed by atoms with Crippen molar-refractivity contribution in [1.82, 2.24) is 0 Å². The zero-order valence-electron chi connectivity index (χ0n) is 8.04. The normalized spacial score (nSPS) is 10.1. The van der Waals surface area contributed by atoms with Gasteiger partial charge in [0.15, 0.2) is 0 Å². The molecule has 1 rings (SSSR count). The van der Waals surface area contributed by atoms with Crippen LogP contribution in [-0.2, 0) is 6.54 Å². The molecular formula is C11H14N2. The molecule has 1 aromatic rings. The molecule has 0 aliphatic carbocycles. The molecule has 2 nitrogen and oxygen atoms in total. The molecule has 0 aromatic heterocycles. The first-order valence-electron chi connectivity index (χ1n) is 4.42. The molecule has 0 unspecified atom stereocenters. The summed E-state index contributed by atoms with van der Waals surface area (Å²) >= 11 is 0. The fourth-order valence-corrected chi connectivity index (χ4v) is 1.32. The minimum Gasteiger partial charge on any atom is -0.326 e. The Hall–Kier alpha value is -1.33. The smallest absolute Gasteiger partial charge is 0.0994 e. The highest BCUT2D eigenvalue weighted by molar-refractivity contribution is 5.41. The first kappa shape index (κ1) is 9.76. The van der Waals surface area contributed by atoms with Gasteiger partial charge in [-0.25, -0.2) is 0 Å². The van der Waals surface area contributed by atoms with Gasteiger partial charge in [-0.1, -0.05) is 26.0 Å². The highest BCUT2D eigenvalue weighted by atomic mass is 14.5. The van der Waals surface area contributed by atoms with E-state index in [9.17, 15) is 0 Å². The van der Waals surface area contributed by atoms with Crippen molar-refractivity contribution in [3.05, 3.63) is 34.9 Å². The van der Waals surface area contributed by atoms with E-state index in [1.165, 1.54) is 0 Å². The molecule has 1 aromatic carbocycles. The maximum absolute atomic E-state index is 8.85. The Labute approximate surface area is 79.0 Å². The average molecular weight is 174 g/mol. The second kappa shape index (κ2) is 4.06. The van der Waals surface area contributed by atoms with Crippen molar-refractivity contribution in [2.24, 2.45) is 5.73 Å². The van der Waals surface area contributed by atoms with Gasteiger partial charge in [-0.05, 0) is 23.1 Å². The first-order chi connectivity index (χ1) is 6.19. The van der Waals surface area contributed by atoms with Gasteiger partial charge >= 0.3 is 0 Å². The third-order valence-corrected chi connectivity index (χ3v) is 2.09. The fraction of sp³-hybridized carbons (Fsp3) is 0.364. The predicted molar refractivity (Wildman–Crippen MR) is 53.1 cm³/mol. The van der Waals surface area contributed by atoms with Crippen molar-refractivity contribution in [2.45, 2.75) is 26.3 Å². The van der Waals surface area contributed by atoms with Gasteiger partial charge in [0.2, 0.25) is 0 Å². The summed E-state index contributed by atoms with van der Waals surface area (Å²) in [5.41, 5.74) is 8.46. The van der Waals surface area contributed by atoms with Crippen LogP contribution in [0.3, 0.4) is 0 Å². The highest BCUT2D eigenvalue weighted by Crippen LogP contribution is 2.20. The molecule has 13 heavy (non-hydrogen) atoms. The number of rotatable bonds is 2. The molecule has 0 aliphatic rings. The van der Waals surface area contributed by atoms with Crippen LogP contribution in [0.15, 0.2) is 18.2 Å². The SMILES string of the molecule is CC(C)c1cc(CN)ccc1C#N.